The van der Waals surface area contributed by atoms with Gasteiger partial charge in [-0.15, -0.1) is 0 Å². The zero-order chi connectivity index (χ0) is 15.0. The molecule has 116 valence electrons. The summed E-state index contributed by atoms with van der Waals surface area (Å²) in [6.45, 7) is 7.51. The molecule has 2 aliphatic rings. The molecule has 3 unspecified atom stereocenters. The molecule has 2 bridgehead atoms. The summed E-state index contributed by atoms with van der Waals surface area (Å²) in [5, 5.41) is 0. The summed E-state index contributed by atoms with van der Waals surface area (Å²) in [5.74, 6) is 0. The number of nitrogens with zero attached hydrogens (tertiary/aromatic N) is 2. The molecule has 0 amide bonds. The van der Waals surface area contributed by atoms with Crippen LogP contribution in [-0.4, -0.2) is 48.6 Å². The van der Waals surface area contributed by atoms with E-state index in [0.29, 0.717) is 12.6 Å². The van der Waals surface area contributed by atoms with E-state index in [9.17, 15) is 0 Å². The number of hydrogen-bond donors (Lipinski definition) is 1. The Morgan fingerprint density at radius 2 is 1.81 bits per heavy atom. The van der Waals surface area contributed by atoms with Crippen LogP contribution in [-0.2, 0) is 0 Å². The number of likely N-dealkylation sites (tertiary alicyclic amines) is 1. The fourth-order valence-corrected chi connectivity index (χ4v) is 4.42. The molecule has 2 N–H and O–H groups in total. The number of aryl methyl sites for hydroxylation is 2. The van der Waals surface area contributed by atoms with Crippen LogP contribution in [0.5, 0.6) is 0 Å². The van der Waals surface area contributed by atoms with Gasteiger partial charge in [-0.05, 0) is 56.8 Å². The molecule has 3 nitrogen and oxygen atoms in total. The fourth-order valence-electron chi connectivity index (χ4n) is 4.42. The summed E-state index contributed by atoms with van der Waals surface area (Å²) in [7, 11) is 2.31. The van der Waals surface area contributed by atoms with Crippen molar-refractivity contribution in [3.63, 3.8) is 0 Å². The van der Waals surface area contributed by atoms with Crippen LogP contribution in [0.3, 0.4) is 0 Å². The molecule has 3 rings (SSSR count). The van der Waals surface area contributed by atoms with E-state index in [1.807, 2.05) is 0 Å². The highest BCUT2D eigenvalue weighted by atomic mass is 15.3. The van der Waals surface area contributed by atoms with Crippen molar-refractivity contribution in [2.45, 2.75) is 51.2 Å². The Morgan fingerprint density at radius 1 is 1.14 bits per heavy atom. The van der Waals surface area contributed by atoms with E-state index < -0.39 is 0 Å². The first-order valence-corrected chi connectivity index (χ1v) is 8.34. The van der Waals surface area contributed by atoms with Gasteiger partial charge in [-0.1, -0.05) is 18.2 Å². The second-order valence-corrected chi connectivity index (χ2v) is 6.89. The van der Waals surface area contributed by atoms with Crippen molar-refractivity contribution in [1.82, 2.24) is 9.80 Å². The normalized spacial score (nSPS) is 28.6. The van der Waals surface area contributed by atoms with Crippen molar-refractivity contribution in [2.24, 2.45) is 5.73 Å². The summed E-state index contributed by atoms with van der Waals surface area (Å²) < 4.78 is 0. The number of likely N-dealkylation sites (N-methyl/N-ethyl adjacent to an activating group) is 1. The minimum atomic E-state index is 0.374. The first kappa shape index (κ1) is 15.0. The predicted octanol–water partition coefficient (Wildman–Crippen LogP) is 2.47. The van der Waals surface area contributed by atoms with Gasteiger partial charge in [-0.25, -0.2) is 0 Å². The van der Waals surface area contributed by atoms with Gasteiger partial charge >= 0.3 is 0 Å². The van der Waals surface area contributed by atoms with Crippen molar-refractivity contribution in [2.75, 3.05) is 26.7 Å². The molecule has 21 heavy (non-hydrogen) atoms. The molecule has 3 heteroatoms. The first-order valence-electron chi connectivity index (χ1n) is 8.34. The van der Waals surface area contributed by atoms with E-state index in [1.165, 1.54) is 49.0 Å². The van der Waals surface area contributed by atoms with Crippen LogP contribution >= 0.6 is 0 Å². The molecular weight excluding hydrogens is 258 g/mol. The van der Waals surface area contributed by atoms with Gasteiger partial charge in [-0.3, -0.25) is 9.80 Å². The molecule has 0 aliphatic carbocycles. The lowest BCUT2D eigenvalue weighted by Crippen LogP contribution is -2.41. The van der Waals surface area contributed by atoms with Gasteiger partial charge < -0.3 is 5.73 Å². The smallest absolute Gasteiger partial charge is 0.0476 e. The largest absolute Gasteiger partial charge is 0.329 e. The van der Waals surface area contributed by atoms with E-state index in [4.69, 9.17) is 5.73 Å². The average molecular weight is 287 g/mol. The summed E-state index contributed by atoms with van der Waals surface area (Å²) in [4.78, 5) is 5.26. The minimum Gasteiger partial charge on any atom is -0.329 e. The molecule has 2 heterocycles. The van der Waals surface area contributed by atoms with Gasteiger partial charge in [0.15, 0.2) is 0 Å². The molecule has 1 aromatic rings. The Hall–Kier alpha value is -0.900. The third kappa shape index (κ3) is 2.75. The quantitative estimate of drug-likeness (QED) is 0.927. The number of hydrogen-bond acceptors (Lipinski definition) is 3. The molecule has 2 aliphatic heterocycles. The summed E-state index contributed by atoms with van der Waals surface area (Å²) in [6, 6.07) is 8.48. The molecule has 0 saturated carbocycles. The fraction of sp³-hybridized carbons (Fsp3) is 0.667. The number of nitrogens with two attached hydrogens (primary N) is 1. The zero-order valence-electron chi connectivity index (χ0n) is 13.7. The maximum Gasteiger partial charge on any atom is 0.0476 e. The van der Waals surface area contributed by atoms with Crippen LogP contribution < -0.4 is 5.73 Å². The Labute approximate surface area is 129 Å². The van der Waals surface area contributed by atoms with Crippen molar-refractivity contribution < 1.29 is 0 Å². The number of benzene rings is 1. The molecule has 2 fully saturated rings. The Kier molecular flexibility index (Phi) is 4.34. The monoisotopic (exact) mass is 287 g/mol. The summed E-state index contributed by atoms with van der Waals surface area (Å²) >= 11 is 0. The Morgan fingerprint density at radius 3 is 2.48 bits per heavy atom. The second kappa shape index (κ2) is 6.07. The van der Waals surface area contributed by atoms with Crippen LogP contribution in [0.4, 0.5) is 0 Å². The van der Waals surface area contributed by atoms with Crippen LogP contribution in [0.25, 0.3) is 0 Å². The maximum absolute atomic E-state index is 6.20. The number of rotatable bonds is 3. The highest BCUT2D eigenvalue weighted by molar-refractivity contribution is 5.36. The predicted molar refractivity (Wildman–Crippen MR) is 88.5 cm³/mol. The lowest BCUT2D eigenvalue weighted by atomic mass is 9.94. The maximum atomic E-state index is 6.20. The van der Waals surface area contributed by atoms with Crippen molar-refractivity contribution in [3.05, 3.63) is 34.9 Å². The van der Waals surface area contributed by atoms with Gasteiger partial charge in [0.25, 0.3) is 0 Å². The molecule has 1 aromatic carbocycles. The molecular formula is C18H29N3. The van der Waals surface area contributed by atoms with Crippen molar-refractivity contribution >= 4 is 0 Å². The molecule has 2 saturated heterocycles. The minimum absolute atomic E-state index is 0.374. The SMILES string of the molecule is Cc1cccc(C)c1C(CN)N1CCC2CCC(C1)N2C. The van der Waals surface area contributed by atoms with Crippen molar-refractivity contribution in [1.29, 1.82) is 0 Å². The molecule has 0 radical (unpaired) electrons. The van der Waals surface area contributed by atoms with Crippen LogP contribution in [0.1, 0.15) is 42.0 Å². The highest BCUT2D eigenvalue weighted by Gasteiger charge is 2.36. The topological polar surface area (TPSA) is 32.5 Å². The summed E-state index contributed by atoms with van der Waals surface area (Å²) in [5.41, 5.74) is 10.4. The second-order valence-electron chi connectivity index (χ2n) is 6.89. The Balaban J connectivity index is 1.87. The average Bonchev–Trinajstić information content (AvgIpc) is 2.69. The molecule has 0 aromatic heterocycles. The van der Waals surface area contributed by atoms with Gasteiger partial charge in [0.1, 0.15) is 0 Å². The highest BCUT2D eigenvalue weighted by Crippen LogP contribution is 2.33. The third-order valence-electron chi connectivity index (χ3n) is 5.72. The van der Waals surface area contributed by atoms with Crippen LogP contribution in [0, 0.1) is 13.8 Å². The molecule has 3 atom stereocenters. The lowest BCUT2D eigenvalue weighted by Gasteiger charge is -2.34. The van der Waals surface area contributed by atoms with Gasteiger partial charge in [0, 0.05) is 37.8 Å². The van der Waals surface area contributed by atoms with Gasteiger partial charge in [0.05, 0.1) is 0 Å². The van der Waals surface area contributed by atoms with E-state index in [0.717, 1.165) is 12.1 Å². The van der Waals surface area contributed by atoms with Crippen LogP contribution in [0.15, 0.2) is 18.2 Å². The van der Waals surface area contributed by atoms with Crippen LogP contribution in [0.2, 0.25) is 0 Å². The van der Waals surface area contributed by atoms with E-state index in [-0.39, 0.29) is 0 Å². The standard InChI is InChI=1S/C18H29N3/c1-13-5-4-6-14(2)18(13)17(11-19)21-10-9-15-7-8-16(12-21)20(15)3/h4-6,15-17H,7-12,19H2,1-3H3. The first-order chi connectivity index (χ1) is 10.1. The zero-order valence-corrected chi connectivity index (χ0v) is 13.7. The Bertz CT molecular complexity index is 479. The van der Waals surface area contributed by atoms with Crippen molar-refractivity contribution in [3.8, 4) is 0 Å². The van der Waals surface area contributed by atoms with E-state index in [1.54, 1.807) is 0 Å². The summed E-state index contributed by atoms with van der Waals surface area (Å²) in [6.07, 6.45) is 4.02. The van der Waals surface area contributed by atoms with Gasteiger partial charge in [-0.2, -0.15) is 0 Å². The molecule has 0 spiro atoms. The number of fused-ring (bicyclic) bond motifs is 2. The lowest BCUT2D eigenvalue weighted by molar-refractivity contribution is 0.174. The third-order valence-corrected chi connectivity index (χ3v) is 5.72. The van der Waals surface area contributed by atoms with E-state index >= 15 is 0 Å². The van der Waals surface area contributed by atoms with Gasteiger partial charge in [0.2, 0.25) is 0 Å². The van der Waals surface area contributed by atoms with E-state index in [2.05, 4.69) is 48.9 Å².